The Labute approximate surface area is 175 Å². The van der Waals surface area contributed by atoms with Gasteiger partial charge < -0.3 is 15.4 Å². The first-order valence-electron chi connectivity index (χ1n) is 10.7. The van der Waals surface area contributed by atoms with Gasteiger partial charge in [0.15, 0.2) is 0 Å². The van der Waals surface area contributed by atoms with Crippen LogP contribution in [0, 0.1) is 0 Å². The van der Waals surface area contributed by atoms with E-state index >= 15 is 0 Å². The molecule has 1 atom stereocenters. The van der Waals surface area contributed by atoms with Crippen LogP contribution in [0.25, 0.3) is 0 Å². The van der Waals surface area contributed by atoms with E-state index in [0.717, 1.165) is 25.7 Å². The van der Waals surface area contributed by atoms with Gasteiger partial charge >= 0.3 is 12.0 Å². The highest BCUT2D eigenvalue weighted by Gasteiger charge is 2.52. The van der Waals surface area contributed by atoms with Gasteiger partial charge in [0.1, 0.15) is 5.54 Å². The first-order chi connectivity index (χ1) is 14.5. The molecule has 3 fully saturated rings. The molecule has 2 saturated carbocycles. The Kier molecular flexibility index (Phi) is 5.74. The number of hydrogen-bond donors (Lipinski definition) is 2. The van der Waals surface area contributed by atoms with Gasteiger partial charge in [-0.15, -0.1) is 0 Å². The lowest BCUT2D eigenvalue weighted by Gasteiger charge is -2.20. The maximum Gasteiger partial charge on any atom is 0.325 e. The van der Waals surface area contributed by atoms with E-state index in [-0.39, 0.29) is 36.9 Å². The van der Waals surface area contributed by atoms with Crippen LogP contribution in [0.15, 0.2) is 30.3 Å². The van der Waals surface area contributed by atoms with Gasteiger partial charge in [0.05, 0.1) is 0 Å². The first kappa shape index (κ1) is 20.4. The second-order valence-corrected chi connectivity index (χ2v) is 8.34. The lowest BCUT2D eigenvalue weighted by molar-refractivity contribution is -0.156. The Morgan fingerprint density at radius 1 is 1.17 bits per heavy atom. The molecule has 8 heteroatoms. The zero-order valence-electron chi connectivity index (χ0n) is 16.9. The number of esters is 1. The van der Waals surface area contributed by atoms with Crippen LogP contribution in [-0.4, -0.2) is 46.8 Å². The van der Waals surface area contributed by atoms with Crippen molar-refractivity contribution >= 4 is 23.8 Å². The minimum atomic E-state index is -1.00. The third-order valence-corrected chi connectivity index (χ3v) is 5.98. The third kappa shape index (κ3) is 4.32. The van der Waals surface area contributed by atoms with Crippen LogP contribution in [0.3, 0.4) is 0 Å². The highest BCUT2D eigenvalue weighted by molar-refractivity contribution is 6.07. The van der Waals surface area contributed by atoms with Crippen molar-refractivity contribution in [1.82, 2.24) is 15.5 Å². The van der Waals surface area contributed by atoms with E-state index in [2.05, 4.69) is 10.6 Å². The number of carbonyl (C=O) groups is 4. The monoisotopic (exact) mass is 413 g/mol. The minimum absolute atomic E-state index is 0.0180. The van der Waals surface area contributed by atoms with E-state index in [1.54, 1.807) is 24.3 Å². The van der Waals surface area contributed by atoms with E-state index < -0.39 is 17.6 Å². The van der Waals surface area contributed by atoms with Crippen LogP contribution >= 0.6 is 0 Å². The van der Waals surface area contributed by atoms with Crippen LogP contribution in [0.1, 0.15) is 63.0 Å². The molecule has 2 aliphatic carbocycles. The highest BCUT2D eigenvalue weighted by atomic mass is 16.5. The van der Waals surface area contributed by atoms with E-state index in [4.69, 9.17) is 4.74 Å². The lowest BCUT2D eigenvalue weighted by atomic mass is 9.98. The van der Waals surface area contributed by atoms with Crippen LogP contribution < -0.4 is 10.6 Å². The molecule has 0 unspecified atom stereocenters. The summed E-state index contributed by atoms with van der Waals surface area (Å²) in [4.78, 5) is 51.0. The van der Waals surface area contributed by atoms with Crippen LogP contribution in [0.4, 0.5) is 4.79 Å². The summed E-state index contributed by atoms with van der Waals surface area (Å²) in [6.45, 7) is 0.159. The molecule has 0 bridgehead atoms. The second-order valence-electron chi connectivity index (χ2n) is 8.34. The summed E-state index contributed by atoms with van der Waals surface area (Å²) in [5, 5.41) is 5.70. The number of carbonyl (C=O) groups excluding carboxylic acids is 4. The summed E-state index contributed by atoms with van der Waals surface area (Å²) in [6.07, 6.45) is 4.38. The molecule has 160 valence electrons. The van der Waals surface area contributed by atoms with Crippen molar-refractivity contribution in [2.24, 2.45) is 0 Å². The number of nitrogens with one attached hydrogen (secondary N) is 2. The van der Waals surface area contributed by atoms with Crippen molar-refractivity contribution in [3.05, 3.63) is 35.9 Å². The Morgan fingerprint density at radius 2 is 1.87 bits per heavy atom. The molecule has 4 rings (SSSR count). The molecule has 8 nitrogen and oxygen atoms in total. The molecule has 1 spiro atoms. The van der Waals surface area contributed by atoms with Crippen molar-refractivity contribution in [2.45, 2.75) is 69.1 Å². The largest absolute Gasteiger partial charge is 0.447 e. The van der Waals surface area contributed by atoms with Crippen molar-refractivity contribution in [3.63, 3.8) is 0 Å². The number of imide groups is 1. The van der Waals surface area contributed by atoms with Crippen molar-refractivity contribution in [3.8, 4) is 0 Å². The summed E-state index contributed by atoms with van der Waals surface area (Å²) in [6, 6.07) is 8.67. The smallest absolute Gasteiger partial charge is 0.325 e. The van der Waals surface area contributed by atoms with E-state index in [0.29, 0.717) is 24.8 Å². The predicted molar refractivity (Wildman–Crippen MR) is 107 cm³/mol. The van der Waals surface area contributed by atoms with E-state index in [1.165, 1.54) is 4.90 Å². The van der Waals surface area contributed by atoms with Crippen LogP contribution in [-0.2, 0) is 19.1 Å². The molecule has 0 aromatic heterocycles. The van der Waals surface area contributed by atoms with Gasteiger partial charge in [-0.05, 0) is 32.1 Å². The third-order valence-electron chi connectivity index (χ3n) is 5.98. The number of amides is 4. The number of nitrogens with zero attached hydrogens (tertiary/aromatic N) is 1. The van der Waals surface area contributed by atoms with E-state index in [1.807, 2.05) is 6.07 Å². The maximum absolute atomic E-state index is 12.6. The average Bonchev–Trinajstić information content (AvgIpc) is 3.37. The zero-order valence-corrected chi connectivity index (χ0v) is 16.9. The number of benzene rings is 1. The summed E-state index contributed by atoms with van der Waals surface area (Å²) in [5.74, 6) is -1.05. The average molecular weight is 413 g/mol. The SMILES string of the molecule is O=C(CCCN1C(=O)NC2(CCCC2)C1=O)O[C@H](C(=O)NC1CC1)c1ccccc1. The molecule has 1 aromatic carbocycles. The lowest BCUT2D eigenvalue weighted by Crippen LogP contribution is -2.44. The van der Waals surface area contributed by atoms with Gasteiger partial charge in [0.2, 0.25) is 6.10 Å². The van der Waals surface area contributed by atoms with Gasteiger partial charge in [0.25, 0.3) is 11.8 Å². The van der Waals surface area contributed by atoms with Crippen molar-refractivity contribution < 1.29 is 23.9 Å². The molecule has 30 heavy (non-hydrogen) atoms. The standard InChI is InChI=1S/C22H27N3O5/c26-17(9-6-14-25-20(28)22(24-21(25)29)12-4-5-13-22)30-18(15-7-2-1-3-8-15)19(27)23-16-10-11-16/h1-3,7-8,16,18H,4-6,9-14H2,(H,23,27)(H,24,29)/t18-/m0/s1. The fourth-order valence-corrected chi connectivity index (χ4v) is 4.17. The van der Waals surface area contributed by atoms with Crippen LogP contribution in [0.5, 0.6) is 0 Å². The molecule has 1 saturated heterocycles. The molecule has 3 aliphatic rings. The Bertz CT molecular complexity index is 830. The normalized spacial score (nSPS) is 20.9. The summed E-state index contributed by atoms with van der Waals surface area (Å²) >= 11 is 0. The topological polar surface area (TPSA) is 105 Å². The fraction of sp³-hybridized carbons (Fsp3) is 0.545. The molecule has 1 aliphatic heterocycles. The molecular formula is C22H27N3O5. The Hall–Kier alpha value is -2.90. The number of hydrogen-bond acceptors (Lipinski definition) is 5. The van der Waals surface area contributed by atoms with Crippen molar-refractivity contribution in [1.29, 1.82) is 0 Å². The van der Waals surface area contributed by atoms with Gasteiger partial charge in [-0.2, -0.15) is 0 Å². The summed E-state index contributed by atoms with van der Waals surface area (Å²) in [7, 11) is 0. The zero-order chi connectivity index (χ0) is 21.1. The molecule has 4 amide bonds. The molecule has 1 heterocycles. The minimum Gasteiger partial charge on any atom is -0.447 e. The predicted octanol–water partition coefficient (Wildman–Crippen LogP) is 2.19. The summed E-state index contributed by atoms with van der Waals surface area (Å²) < 4.78 is 5.48. The number of ether oxygens (including phenoxy) is 1. The van der Waals surface area contributed by atoms with Gasteiger partial charge in [-0.25, -0.2) is 4.79 Å². The maximum atomic E-state index is 12.6. The second kappa shape index (κ2) is 8.45. The van der Waals surface area contributed by atoms with Gasteiger partial charge in [0, 0.05) is 24.6 Å². The fourth-order valence-electron chi connectivity index (χ4n) is 4.17. The Balaban J connectivity index is 1.31. The number of rotatable bonds is 8. The summed E-state index contributed by atoms with van der Waals surface area (Å²) in [5.41, 5.74) is -0.127. The van der Waals surface area contributed by atoms with Crippen LogP contribution in [0.2, 0.25) is 0 Å². The number of urea groups is 1. The molecule has 1 aromatic rings. The highest BCUT2D eigenvalue weighted by Crippen LogP contribution is 2.35. The first-order valence-corrected chi connectivity index (χ1v) is 10.7. The molecule has 2 N–H and O–H groups in total. The Morgan fingerprint density at radius 3 is 2.53 bits per heavy atom. The van der Waals surface area contributed by atoms with Crippen molar-refractivity contribution in [2.75, 3.05) is 6.54 Å². The van der Waals surface area contributed by atoms with E-state index in [9.17, 15) is 19.2 Å². The quantitative estimate of drug-likeness (QED) is 0.502. The van der Waals surface area contributed by atoms with Gasteiger partial charge in [-0.3, -0.25) is 19.3 Å². The van der Waals surface area contributed by atoms with Gasteiger partial charge in [-0.1, -0.05) is 43.2 Å². The molecular weight excluding hydrogens is 386 g/mol. The molecule has 0 radical (unpaired) electrons.